The summed E-state index contributed by atoms with van der Waals surface area (Å²) in [7, 11) is 0. The molecule has 106 valence electrons. The minimum Gasteiger partial charge on any atom is -0.476 e. The van der Waals surface area contributed by atoms with Crippen molar-refractivity contribution in [3.8, 4) is 0 Å². The number of hydrogen-bond donors (Lipinski definition) is 2. The van der Waals surface area contributed by atoms with Crippen molar-refractivity contribution in [2.45, 2.75) is 6.42 Å². The maximum absolute atomic E-state index is 11.3. The maximum atomic E-state index is 11.3. The second kappa shape index (κ2) is 5.62. The van der Waals surface area contributed by atoms with Crippen molar-refractivity contribution >= 4 is 22.6 Å². The van der Waals surface area contributed by atoms with Crippen molar-refractivity contribution < 1.29 is 14.3 Å². The molecule has 3 aromatic rings. The monoisotopic (exact) mass is 283 g/mol. The van der Waals surface area contributed by atoms with E-state index in [4.69, 9.17) is 4.42 Å². The van der Waals surface area contributed by atoms with Gasteiger partial charge in [-0.3, -0.25) is 0 Å². The van der Waals surface area contributed by atoms with Crippen molar-refractivity contribution in [1.82, 2.24) is 10.2 Å². The first kappa shape index (κ1) is 13.1. The fourth-order valence-electron chi connectivity index (χ4n) is 2.15. The molecule has 6 heteroatoms. The van der Waals surface area contributed by atoms with E-state index in [9.17, 15) is 9.90 Å². The van der Waals surface area contributed by atoms with Crippen LogP contribution in [0, 0.1) is 0 Å². The number of carbonyl (C=O) groups is 1. The summed E-state index contributed by atoms with van der Waals surface area (Å²) in [4.78, 5) is 11.3. The summed E-state index contributed by atoms with van der Waals surface area (Å²) in [5, 5.41) is 20.8. The molecule has 0 saturated carbocycles. The number of benzene rings is 1. The largest absolute Gasteiger partial charge is 0.476 e. The third kappa shape index (κ3) is 2.69. The first-order chi connectivity index (χ1) is 10.3. The highest BCUT2D eigenvalue weighted by Gasteiger charge is 2.16. The number of aromatic carboxylic acids is 1. The van der Waals surface area contributed by atoms with Crippen LogP contribution in [0.4, 0.5) is 5.69 Å². The number of furan rings is 1. The van der Waals surface area contributed by atoms with Gasteiger partial charge in [0.05, 0.1) is 17.5 Å². The number of carboxylic acid groups (broad SMARTS) is 1. The molecular weight excluding hydrogens is 270 g/mol. The molecule has 2 N–H and O–H groups in total. The molecule has 0 aliphatic rings. The van der Waals surface area contributed by atoms with E-state index in [0.29, 0.717) is 24.2 Å². The molecular formula is C15H13N3O3. The lowest BCUT2D eigenvalue weighted by Gasteiger charge is -2.10. The van der Waals surface area contributed by atoms with Gasteiger partial charge in [-0.1, -0.05) is 18.2 Å². The van der Waals surface area contributed by atoms with Gasteiger partial charge in [-0.15, -0.1) is 10.2 Å². The van der Waals surface area contributed by atoms with E-state index in [2.05, 4.69) is 15.5 Å². The van der Waals surface area contributed by atoms with Crippen LogP contribution in [0.5, 0.6) is 0 Å². The van der Waals surface area contributed by atoms with Gasteiger partial charge < -0.3 is 14.8 Å². The average molecular weight is 283 g/mol. The summed E-state index contributed by atoms with van der Waals surface area (Å²) in [5.41, 5.74) is 1.07. The van der Waals surface area contributed by atoms with E-state index in [0.717, 1.165) is 11.1 Å². The van der Waals surface area contributed by atoms with Gasteiger partial charge in [0, 0.05) is 18.4 Å². The standard InChI is InChI=1S/C15H13N3O3/c19-15(20)14-13(16-8-7-10-4-3-9-21-10)11-5-1-2-6-12(11)17-18-14/h1-6,9H,7-8H2,(H,16,17)(H,19,20). The van der Waals surface area contributed by atoms with Crippen molar-refractivity contribution in [2.75, 3.05) is 11.9 Å². The lowest BCUT2D eigenvalue weighted by Crippen LogP contribution is -2.12. The normalized spacial score (nSPS) is 10.7. The highest BCUT2D eigenvalue weighted by Crippen LogP contribution is 2.24. The molecule has 2 aromatic heterocycles. The smallest absolute Gasteiger partial charge is 0.358 e. The number of rotatable bonds is 5. The zero-order chi connectivity index (χ0) is 14.7. The van der Waals surface area contributed by atoms with Gasteiger partial charge in [0.1, 0.15) is 5.76 Å². The Labute approximate surface area is 120 Å². The van der Waals surface area contributed by atoms with Crippen molar-refractivity contribution in [2.24, 2.45) is 0 Å². The Morgan fingerprint density at radius 2 is 2.05 bits per heavy atom. The minimum atomic E-state index is -1.10. The molecule has 21 heavy (non-hydrogen) atoms. The number of anilines is 1. The molecule has 0 aliphatic carbocycles. The van der Waals surface area contributed by atoms with Crippen molar-refractivity contribution in [1.29, 1.82) is 0 Å². The van der Waals surface area contributed by atoms with Crippen LogP contribution >= 0.6 is 0 Å². The van der Waals surface area contributed by atoms with Gasteiger partial charge in [-0.25, -0.2) is 4.79 Å². The highest BCUT2D eigenvalue weighted by atomic mass is 16.4. The molecule has 3 rings (SSSR count). The third-order valence-corrected chi connectivity index (χ3v) is 3.12. The van der Waals surface area contributed by atoms with Crippen LogP contribution in [0.3, 0.4) is 0 Å². The number of fused-ring (bicyclic) bond motifs is 1. The molecule has 0 radical (unpaired) electrons. The van der Waals surface area contributed by atoms with Gasteiger partial charge in [-0.05, 0) is 18.2 Å². The summed E-state index contributed by atoms with van der Waals surface area (Å²) in [6.45, 7) is 0.545. The molecule has 0 fully saturated rings. The summed E-state index contributed by atoms with van der Waals surface area (Å²) in [6, 6.07) is 11.0. The summed E-state index contributed by atoms with van der Waals surface area (Å²) in [6.07, 6.45) is 2.27. The van der Waals surface area contributed by atoms with Crippen LogP contribution in [-0.4, -0.2) is 27.8 Å². The van der Waals surface area contributed by atoms with Crippen LogP contribution in [0.1, 0.15) is 16.2 Å². The molecule has 0 amide bonds. The Bertz CT molecular complexity index is 769. The Hall–Kier alpha value is -2.89. The lowest BCUT2D eigenvalue weighted by atomic mass is 10.1. The first-order valence-electron chi connectivity index (χ1n) is 6.50. The van der Waals surface area contributed by atoms with Crippen LogP contribution in [0.25, 0.3) is 10.9 Å². The fraction of sp³-hybridized carbons (Fsp3) is 0.133. The first-order valence-corrected chi connectivity index (χ1v) is 6.50. The quantitative estimate of drug-likeness (QED) is 0.748. The van der Waals surface area contributed by atoms with E-state index in [1.165, 1.54) is 0 Å². The third-order valence-electron chi connectivity index (χ3n) is 3.12. The van der Waals surface area contributed by atoms with Crippen molar-refractivity contribution in [3.05, 3.63) is 54.1 Å². The van der Waals surface area contributed by atoms with E-state index in [1.807, 2.05) is 30.3 Å². The molecule has 6 nitrogen and oxygen atoms in total. The van der Waals surface area contributed by atoms with Gasteiger partial charge in [0.25, 0.3) is 0 Å². The number of aromatic nitrogens is 2. The summed E-state index contributed by atoms with van der Waals surface area (Å²) >= 11 is 0. The van der Waals surface area contributed by atoms with Crippen LogP contribution < -0.4 is 5.32 Å². The Kier molecular flexibility index (Phi) is 3.51. The summed E-state index contributed by atoms with van der Waals surface area (Å²) < 4.78 is 5.25. The van der Waals surface area contributed by atoms with E-state index < -0.39 is 5.97 Å². The van der Waals surface area contributed by atoms with Gasteiger partial charge >= 0.3 is 5.97 Å². The number of hydrogen-bond acceptors (Lipinski definition) is 5. The molecule has 0 aliphatic heterocycles. The lowest BCUT2D eigenvalue weighted by molar-refractivity contribution is 0.0690. The van der Waals surface area contributed by atoms with Crippen molar-refractivity contribution in [3.63, 3.8) is 0 Å². The predicted octanol–water partition coefficient (Wildman–Crippen LogP) is 2.58. The number of nitrogens with one attached hydrogen (secondary N) is 1. The zero-order valence-corrected chi connectivity index (χ0v) is 11.1. The van der Waals surface area contributed by atoms with Crippen LogP contribution in [-0.2, 0) is 6.42 Å². The zero-order valence-electron chi connectivity index (χ0n) is 11.1. The number of nitrogens with zero attached hydrogens (tertiary/aromatic N) is 2. The molecule has 0 saturated heterocycles. The molecule has 0 unspecified atom stereocenters. The molecule has 0 atom stereocenters. The average Bonchev–Trinajstić information content (AvgIpc) is 3.00. The molecule has 0 spiro atoms. The SMILES string of the molecule is O=C(O)c1nnc2ccccc2c1NCCc1ccco1. The number of carboxylic acids is 1. The summed E-state index contributed by atoms with van der Waals surface area (Å²) in [5.74, 6) is -0.264. The maximum Gasteiger partial charge on any atom is 0.358 e. The second-order valence-electron chi connectivity index (χ2n) is 4.50. The second-order valence-corrected chi connectivity index (χ2v) is 4.50. The van der Waals surface area contributed by atoms with Gasteiger partial charge in [0.2, 0.25) is 0 Å². The predicted molar refractivity (Wildman–Crippen MR) is 77.4 cm³/mol. The van der Waals surface area contributed by atoms with E-state index in [-0.39, 0.29) is 5.69 Å². The molecule has 1 aromatic carbocycles. The highest BCUT2D eigenvalue weighted by molar-refractivity contribution is 6.02. The van der Waals surface area contributed by atoms with E-state index >= 15 is 0 Å². The fourth-order valence-corrected chi connectivity index (χ4v) is 2.15. The van der Waals surface area contributed by atoms with E-state index in [1.54, 1.807) is 12.3 Å². The van der Waals surface area contributed by atoms with Gasteiger partial charge in [0.15, 0.2) is 5.69 Å². The Balaban J connectivity index is 1.90. The Morgan fingerprint density at radius 3 is 2.81 bits per heavy atom. The van der Waals surface area contributed by atoms with Gasteiger partial charge in [-0.2, -0.15) is 0 Å². The van der Waals surface area contributed by atoms with Crippen LogP contribution in [0.2, 0.25) is 0 Å². The molecule has 2 heterocycles. The van der Waals surface area contributed by atoms with Crippen LogP contribution in [0.15, 0.2) is 47.1 Å². The Morgan fingerprint density at radius 1 is 1.19 bits per heavy atom. The minimum absolute atomic E-state index is 0.0758. The molecule has 0 bridgehead atoms. The topological polar surface area (TPSA) is 88.2 Å².